The van der Waals surface area contributed by atoms with Crippen molar-refractivity contribution in [3.05, 3.63) is 29.8 Å². The number of rotatable bonds is 9. The Bertz CT molecular complexity index is 432. The Kier molecular flexibility index (Phi) is 12.5. The summed E-state index contributed by atoms with van der Waals surface area (Å²) in [7, 11) is 1.71. The summed E-state index contributed by atoms with van der Waals surface area (Å²) in [6, 6.07) is 8.46. The monoisotopic (exact) mass is 362 g/mol. The molecule has 2 nitrogen and oxygen atoms in total. The SMILES string of the molecule is CC(C)CCOC1CCCCC1.CCCC(CC)c1ccc(OC)cc1. The van der Waals surface area contributed by atoms with E-state index < -0.39 is 0 Å². The summed E-state index contributed by atoms with van der Waals surface area (Å²) in [4.78, 5) is 0. The molecule has 0 bridgehead atoms. The van der Waals surface area contributed by atoms with Crippen molar-refractivity contribution in [3.8, 4) is 5.75 Å². The van der Waals surface area contributed by atoms with Gasteiger partial charge < -0.3 is 9.47 Å². The Morgan fingerprint density at radius 3 is 2.12 bits per heavy atom. The van der Waals surface area contributed by atoms with Gasteiger partial charge in [0.15, 0.2) is 0 Å². The average molecular weight is 363 g/mol. The molecule has 2 rings (SSSR count). The fourth-order valence-electron chi connectivity index (χ4n) is 3.53. The highest BCUT2D eigenvalue weighted by Crippen LogP contribution is 2.26. The van der Waals surface area contributed by atoms with Gasteiger partial charge in [-0.15, -0.1) is 0 Å². The molecule has 0 spiro atoms. The number of ether oxygens (including phenoxy) is 2. The molecule has 26 heavy (non-hydrogen) atoms. The third-order valence-electron chi connectivity index (χ3n) is 5.32. The van der Waals surface area contributed by atoms with Gasteiger partial charge in [-0.3, -0.25) is 0 Å². The molecule has 0 saturated heterocycles. The molecule has 1 aliphatic rings. The summed E-state index contributed by atoms with van der Waals surface area (Å²) in [6.07, 6.45) is 12.4. The van der Waals surface area contributed by atoms with Gasteiger partial charge in [0.1, 0.15) is 5.75 Å². The molecule has 1 fully saturated rings. The Morgan fingerprint density at radius 2 is 1.62 bits per heavy atom. The van der Waals surface area contributed by atoms with Crippen LogP contribution >= 0.6 is 0 Å². The average Bonchev–Trinajstić information content (AvgIpc) is 2.67. The number of methoxy groups -OCH3 is 1. The summed E-state index contributed by atoms with van der Waals surface area (Å²) in [5, 5.41) is 0. The largest absolute Gasteiger partial charge is 0.497 e. The number of hydrogen-bond acceptors (Lipinski definition) is 2. The highest BCUT2D eigenvalue weighted by molar-refractivity contribution is 5.29. The van der Waals surface area contributed by atoms with Gasteiger partial charge in [-0.25, -0.2) is 0 Å². The van der Waals surface area contributed by atoms with Crippen LogP contribution in [0.3, 0.4) is 0 Å². The summed E-state index contributed by atoms with van der Waals surface area (Å²) in [5.41, 5.74) is 1.44. The van der Waals surface area contributed by atoms with Gasteiger partial charge in [0.25, 0.3) is 0 Å². The highest BCUT2D eigenvalue weighted by atomic mass is 16.5. The minimum absolute atomic E-state index is 0.595. The second kappa shape index (κ2) is 14.1. The van der Waals surface area contributed by atoms with Crippen molar-refractivity contribution in [2.24, 2.45) is 5.92 Å². The van der Waals surface area contributed by atoms with Crippen LogP contribution < -0.4 is 4.74 Å². The van der Waals surface area contributed by atoms with Gasteiger partial charge in [0.2, 0.25) is 0 Å². The zero-order valence-electron chi connectivity index (χ0n) is 17.9. The highest BCUT2D eigenvalue weighted by Gasteiger charge is 2.13. The van der Waals surface area contributed by atoms with Crippen molar-refractivity contribution in [2.45, 2.75) is 97.5 Å². The minimum Gasteiger partial charge on any atom is -0.497 e. The lowest BCUT2D eigenvalue weighted by Crippen LogP contribution is -2.17. The van der Waals surface area contributed by atoms with Crippen LogP contribution in [-0.4, -0.2) is 19.8 Å². The normalized spacial score (nSPS) is 16.1. The van der Waals surface area contributed by atoms with Crippen LogP contribution in [0.2, 0.25) is 0 Å². The third kappa shape index (κ3) is 9.62. The Morgan fingerprint density at radius 1 is 0.962 bits per heavy atom. The molecule has 1 unspecified atom stereocenters. The van der Waals surface area contributed by atoms with Gasteiger partial charge in [0.05, 0.1) is 13.2 Å². The molecule has 2 heteroatoms. The molecule has 1 atom stereocenters. The van der Waals surface area contributed by atoms with Crippen molar-refractivity contribution in [1.29, 1.82) is 0 Å². The molecule has 0 N–H and O–H groups in total. The first-order chi connectivity index (χ1) is 12.6. The Hall–Kier alpha value is -1.02. The summed E-state index contributed by atoms with van der Waals surface area (Å²) in [5.74, 6) is 2.44. The van der Waals surface area contributed by atoms with Crippen molar-refractivity contribution >= 4 is 0 Å². The van der Waals surface area contributed by atoms with Crippen LogP contribution in [0.5, 0.6) is 5.75 Å². The first-order valence-corrected chi connectivity index (χ1v) is 10.9. The van der Waals surface area contributed by atoms with E-state index in [4.69, 9.17) is 9.47 Å². The van der Waals surface area contributed by atoms with Gasteiger partial charge in [-0.1, -0.05) is 65.5 Å². The topological polar surface area (TPSA) is 18.5 Å². The maximum atomic E-state index is 5.79. The van der Waals surface area contributed by atoms with Crippen molar-refractivity contribution in [1.82, 2.24) is 0 Å². The van der Waals surface area contributed by atoms with Crippen LogP contribution in [0.15, 0.2) is 24.3 Å². The zero-order chi connectivity index (χ0) is 19.2. The fraction of sp³-hybridized carbons (Fsp3) is 0.750. The zero-order valence-corrected chi connectivity index (χ0v) is 17.9. The Labute approximate surface area is 162 Å². The molecule has 0 amide bonds. The van der Waals surface area contributed by atoms with Crippen LogP contribution in [0.4, 0.5) is 0 Å². The molecular weight excluding hydrogens is 320 g/mol. The van der Waals surface area contributed by atoms with Crippen molar-refractivity contribution < 1.29 is 9.47 Å². The first-order valence-electron chi connectivity index (χ1n) is 10.9. The second-order valence-corrected chi connectivity index (χ2v) is 7.98. The molecule has 1 aromatic rings. The van der Waals surface area contributed by atoms with E-state index in [1.165, 1.54) is 63.4 Å². The third-order valence-corrected chi connectivity index (χ3v) is 5.32. The lowest BCUT2D eigenvalue weighted by atomic mass is 9.92. The van der Waals surface area contributed by atoms with E-state index in [9.17, 15) is 0 Å². The first kappa shape index (κ1) is 23.0. The van der Waals surface area contributed by atoms with Crippen LogP contribution in [0.25, 0.3) is 0 Å². The van der Waals surface area contributed by atoms with Crippen LogP contribution in [0.1, 0.15) is 97.0 Å². The summed E-state index contributed by atoms with van der Waals surface area (Å²) < 4.78 is 10.9. The van der Waals surface area contributed by atoms with Gasteiger partial charge in [-0.2, -0.15) is 0 Å². The van der Waals surface area contributed by atoms with E-state index in [0.717, 1.165) is 18.3 Å². The fourth-order valence-corrected chi connectivity index (χ4v) is 3.53. The lowest BCUT2D eigenvalue weighted by Gasteiger charge is -2.22. The smallest absolute Gasteiger partial charge is 0.118 e. The molecule has 150 valence electrons. The van der Waals surface area contributed by atoms with Crippen LogP contribution in [0, 0.1) is 5.92 Å². The molecule has 1 saturated carbocycles. The maximum absolute atomic E-state index is 5.79. The predicted octanol–water partition coefficient (Wildman–Crippen LogP) is 7.37. The van der Waals surface area contributed by atoms with E-state index in [-0.39, 0.29) is 0 Å². The van der Waals surface area contributed by atoms with E-state index in [2.05, 4.69) is 39.8 Å². The van der Waals surface area contributed by atoms with Gasteiger partial charge >= 0.3 is 0 Å². The molecule has 1 aromatic carbocycles. The Balaban J connectivity index is 0.000000263. The van der Waals surface area contributed by atoms with E-state index in [0.29, 0.717) is 12.0 Å². The van der Waals surface area contributed by atoms with Gasteiger partial charge in [-0.05, 0) is 61.6 Å². The molecule has 0 aliphatic heterocycles. The summed E-state index contributed by atoms with van der Waals surface area (Å²) in [6.45, 7) is 9.98. The molecule has 1 aliphatic carbocycles. The second-order valence-electron chi connectivity index (χ2n) is 7.98. The van der Waals surface area contributed by atoms with Gasteiger partial charge in [0, 0.05) is 6.61 Å². The molecule has 0 heterocycles. The minimum atomic E-state index is 0.595. The van der Waals surface area contributed by atoms with E-state index >= 15 is 0 Å². The lowest BCUT2D eigenvalue weighted by molar-refractivity contribution is 0.0230. The molecule has 0 aromatic heterocycles. The van der Waals surface area contributed by atoms with E-state index in [1.54, 1.807) is 7.11 Å². The van der Waals surface area contributed by atoms with Crippen molar-refractivity contribution in [3.63, 3.8) is 0 Å². The number of benzene rings is 1. The molecule has 0 radical (unpaired) electrons. The maximum Gasteiger partial charge on any atom is 0.118 e. The van der Waals surface area contributed by atoms with Crippen LogP contribution in [-0.2, 0) is 4.74 Å². The molecular formula is C24H42O2. The summed E-state index contributed by atoms with van der Waals surface area (Å²) >= 11 is 0. The number of hydrogen-bond donors (Lipinski definition) is 0. The van der Waals surface area contributed by atoms with Crippen molar-refractivity contribution in [2.75, 3.05) is 13.7 Å². The quantitative estimate of drug-likeness (QED) is 0.456. The standard InChI is InChI=1S/C13H20O.C11H22O/c1-4-6-11(5-2)12-7-9-13(14-3)10-8-12;1-10(2)8-9-12-11-6-4-3-5-7-11/h7-11H,4-6H2,1-3H3;10-11H,3-9H2,1-2H3. The van der Waals surface area contributed by atoms with E-state index in [1.807, 2.05) is 12.1 Å². The predicted molar refractivity (Wildman–Crippen MR) is 113 cm³/mol.